The van der Waals surface area contributed by atoms with Gasteiger partial charge in [-0.25, -0.2) is 4.98 Å². The van der Waals surface area contributed by atoms with Crippen LogP contribution in [0.3, 0.4) is 0 Å². The average molecular weight is 654 g/mol. The monoisotopic (exact) mass is 653 g/mol. The fourth-order valence-corrected chi connectivity index (χ4v) is 7.05. The molecule has 0 spiro atoms. The van der Waals surface area contributed by atoms with E-state index in [0.29, 0.717) is 19.3 Å². The van der Waals surface area contributed by atoms with Gasteiger partial charge in [0, 0.05) is 78.1 Å². The third kappa shape index (κ3) is 6.66. The molecule has 254 valence electrons. The van der Waals surface area contributed by atoms with Crippen molar-refractivity contribution in [3.05, 3.63) is 69.8 Å². The van der Waals surface area contributed by atoms with Crippen molar-refractivity contribution in [1.82, 2.24) is 24.8 Å². The summed E-state index contributed by atoms with van der Waals surface area (Å²) in [4.78, 5) is 56.9. The van der Waals surface area contributed by atoms with E-state index in [1.54, 1.807) is 19.0 Å². The molecule has 0 aliphatic carbocycles. The number of aromatic amines is 2. The van der Waals surface area contributed by atoms with E-state index in [1.807, 2.05) is 26.0 Å². The topological polar surface area (TPSA) is 130 Å². The molecule has 10 nitrogen and oxygen atoms in total. The van der Waals surface area contributed by atoms with E-state index >= 15 is 0 Å². The molecule has 0 fully saturated rings. The summed E-state index contributed by atoms with van der Waals surface area (Å²) in [7, 11) is 6.36. The van der Waals surface area contributed by atoms with Gasteiger partial charge in [0.15, 0.2) is 0 Å². The summed E-state index contributed by atoms with van der Waals surface area (Å²) >= 11 is 0. The Balaban J connectivity index is 1.87. The Labute approximate surface area is 282 Å². The van der Waals surface area contributed by atoms with Crippen LogP contribution in [0.15, 0.2) is 30.3 Å². The first-order valence-electron chi connectivity index (χ1n) is 16.6. The number of esters is 2. The van der Waals surface area contributed by atoms with E-state index < -0.39 is 5.41 Å². The summed E-state index contributed by atoms with van der Waals surface area (Å²) < 4.78 is 9.93. The molecule has 1 amide bonds. The second-order valence-electron chi connectivity index (χ2n) is 13.4. The molecule has 3 aromatic heterocycles. The van der Waals surface area contributed by atoms with Gasteiger partial charge in [0.05, 0.1) is 25.6 Å². The molecule has 2 N–H and O–H groups in total. The first-order valence-corrected chi connectivity index (χ1v) is 16.6. The molecule has 0 saturated carbocycles. The molecular formula is C38H47N5O5. The van der Waals surface area contributed by atoms with E-state index in [4.69, 9.17) is 19.4 Å². The van der Waals surface area contributed by atoms with Gasteiger partial charge in [-0.3, -0.25) is 19.4 Å². The van der Waals surface area contributed by atoms with Crippen LogP contribution >= 0.6 is 0 Å². The molecule has 3 aromatic rings. The zero-order valence-electron chi connectivity index (χ0n) is 29.6. The van der Waals surface area contributed by atoms with Crippen molar-refractivity contribution in [2.45, 2.75) is 84.5 Å². The number of aromatic nitrogens is 4. The van der Waals surface area contributed by atoms with Crippen molar-refractivity contribution < 1.29 is 23.9 Å². The number of carbonyl (C=O) groups is 3. The lowest BCUT2D eigenvalue weighted by Crippen LogP contribution is -2.34. The van der Waals surface area contributed by atoms with Gasteiger partial charge in [0.2, 0.25) is 5.91 Å². The number of ether oxygens (including phenoxy) is 2. The first kappa shape index (κ1) is 34.6. The quantitative estimate of drug-likeness (QED) is 0.242. The summed E-state index contributed by atoms with van der Waals surface area (Å²) in [6.07, 6.45) is 2.49. The lowest BCUT2D eigenvalue weighted by Gasteiger charge is -2.31. The maximum atomic E-state index is 13.3. The van der Waals surface area contributed by atoms with Crippen molar-refractivity contribution in [3.63, 3.8) is 0 Å². The van der Waals surface area contributed by atoms with Gasteiger partial charge in [-0.1, -0.05) is 13.8 Å². The zero-order chi connectivity index (χ0) is 34.9. The standard InChI is InChI=1S/C38H47N5O5/c1-10-27-33-17-28-21(2)15-24(39-28)16-29-22(3)25(11-13-36(45)47-8)31(40-29)18-32-26(12-14-37(46)48-9)23(4)30(41-32)19-34(42-33)38(27,5)20-35(44)43(6)7/h15-19,27,39,41H,10-14,20H2,1-9H3. The van der Waals surface area contributed by atoms with Crippen LogP contribution in [0, 0.1) is 13.8 Å². The molecule has 0 aromatic carbocycles. The van der Waals surface area contributed by atoms with Crippen LogP contribution in [0.4, 0.5) is 0 Å². The highest BCUT2D eigenvalue weighted by Crippen LogP contribution is 2.47. The Hall–Kier alpha value is -4.73. The number of hydrogen-bond acceptors (Lipinski definition) is 7. The van der Waals surface area contributed by atoms with Crippen molar-refractivity contribution >= 4 is 51.1 Å². The molecule has 2 atom stereocenters. The van der Waals surface area contributed by atoms with Crippen LogP contribution in [0.25, 0.3) is 33.2 Å². The Bertz CT molecular complexity index is 1970. The van der Waals surface area contributed by atoms with Gasteiger partial charge in [0.25, 0.3) is 0 Å². The fourth-order valence-electron chi connectivity index (χ4n) is 7.05. The predicted molar refractivity (Wildman–Crippen MR) is 188 cm³/mol. The van der Waals surface area contributed by atoms with Gasteiger partial charge in [-0.15, -0.1) is 0 Å². The number of rotatable bonds is 9. The molecule has 5 rings (SSSR count). The highest BCUT2D eigenvalue weighted by atomic mass is 16.5. The summed E-state index contributed by atoms with van der Waals surface area (Å²) in [5.41, 5.74) is 11.3. The van der Waals surface area contributed by atoms with Crippen LogP contribution in [0.1, 0.15) is 98.3 Å². The number of fused-ring (bicyclic) bond motifs is 8. The van der Waals surface area contributed by atoms with E-state index in [1.165, 1.54) is 14.2 Å². The largest absolute Gasteiger partial charge is 0.469 e. The molecule has 10 heteroatoms. The number of H-pyrrole nitrogens is 2. The average Bonchev–Trinajstić information content (AvgIpc) is 3.71. The van der Waals surface area contributed by atoms with Gasteiger partial charge in [0.1, 0.15) is 0 Å². The SMILES string of the molecule is CCC1c2cc3[nH]c(cc4nc(cc5[nH]c(cc(n2)C1(C)CC(=O)N(C)C)c(C)c5CCC(=O)OC)C(CCC(=O)OC)=C4C)cc3C. The van der Waals surface area contributed by atoms with Crippen molar-refractivity contribution in [1.29, 1.82) is 0 Å². The van der Waals surface area contributed by atoms with Crippen molar-refractivity contribution in [3.8, 4) is 0 Å². The molecule has 2 unspecified atom stereocenters. The molecule has 8 bridgehead atoms. The minimum atomic E-state index is -0.557. The third-order valence-electron chi connectivity index (χ3n) is 10.1. The van der Waals surface area contributed by atoms with E-state index in [0.717, 1.165) is 79.1 Å². The van der Waals surface area contributed by atoms with Crippen LogP contribution in [-0.2, 0) is 35.7 Å². The number of hydrogen-bond donors (Lipinski definition) is 2. The van der Waals surface area contributed by atoms with Gasteiger partial charge in [-0.05, 0) is 98.2 Å². The lowest BCUT2D eigenvalue weighted by atomic mass is 9.71. The third-order valence-corrected chi connectivity index (χ3v) is 10.1. The maximum absolute atomic E-state index is 13.3. The second kappa shape index (κ2) is 13.8. The highest BCUT2D eigenvalue weighted by Gasteiger charge is 2.44. The predicted octanol–water partition coefficient (Wildman–Crippen LogP) is 6.85. The summed E-state index contributed by atoms with van der Waals surface area (Å²) in [6, 6.07) is 10.3. The van der Waals surface area contributed by atoms with Gasteiger partial charge in [-0.2, -0.15) is 0 Å². The van der Waals surface area contributed by atoms with Crippen molar-refractivity contribution in [2.24, 2.45) is 0 Å². The number of allylic oxidation sites excluding steroid dienone is 2. The fraction of sp³-hybridized carbons (Fsp3) is 0.447. The number of nitrogens with one attached hydrogen (secondary N) is 2. The maximum Gasteiger partial charge on any atom is 0.305 e. The van der Waals surface area contributed by atoms with Crippen molar-refractivity contribution in [2.75, 3.05) is 28.3 Å². The van der Waals surface area contributed by atoms with E-state index in [-0.39, 0.29) is 36.6 Å². The number of nitrogens with zero attached hydrogens (tertiary/aromatic N) is 3. The lowest BCUT2D eigenvalue weighted by molar-refractivity contribution is -0.141. The molecule has 0 saturated heterocycles. The zero-order valence-corrected chi connectivity index (χ0v) is 29.6. The smallest absolute Gasteiger partial charge is 0.305 e. The molecule has 2 aliphatic rings. The molecular weight excluding hydrogens is 606 g/mol. The van der Waals surface area contributed by atoms with Crippen LogP contribution in [0.5, 0.6) is 0 Å². The van der Waals surface area contributed by atoms with Crippen LogP contribution < -0.4 is 0 Å². The molecule has 48 heavy (non-hydrogen) atoms. The number of carbonyl (C=O) groups excluding carboxylic acids is 3. The summed E-state index contributed by atoms with van der Waals surface area (Å²) in [5.74, 6) is -0.524. The number of amides is 1. The molecule has 0 radical (unpaired) electrons. The van der Waals surface area contributed by atoms with Gasteiger partial charge < -0.3 is 24.3 Å². The first-order chi connectivity index (χ1) is 22.8. The Morgan fingerprint density at radius 3 is 2.19 bits per heavy atom. The Morgan fingerprint density at radius 2 is 1.54 bits per heavy atom. The minimum absolute atomic E-state index is 0.0112. The van der Waals surface area contributed by atoms with Crippen LogP contribution in [-0.4, -0.2) is 71.0 Å². The second-order valence-corrected chi connectivity index (χ2v) is 13.4. The molecule has 2 aliphatic heterocycles. The minimum Gasteiger partial charge on any atom is -0.469 e. The summed E-state index contributed by atoms with van der Waals surface area (Å²) in [5, 5.41) is 0. The number of aryl methyl sites for hydroxylation is 3. The normalized spacial score (nSPS) is 17.4. The van der Waals surface area contributed by atoms with E-state index in [2.05, 4.69) is 48.9 Å². The molecule has 5 heterocycles. The van der Waals surface area contributed by atoms with E-state index in [9.17, 15) is 14.4 Å². The highest BCUT2D eigenvalue weighted by molar-refractivity contribution is 5.94. The van der Waals surface area contributed by atoms with Crippen LogP contribution in [0.2, 0.25) is 0 Å². The van der Waals surface area contributed by atoms with Gasteiger partial charge >= 0.3 is 11.9 Å². The number of methoxy groups -OCH3 is 2. The Morgan fingerprint density at radius 1 is 0.854 bits per heavy atom. The summed E-state index contributed by atoms with van der Waals surface area (Å²) in [6.45, 7) is 10.4. The Kier molecular flexibility index (Phi) is 9.94.